The Morgan fingerprint density at radius 2 is 2.29 bits per heavy atom. The van der Waals surface area contributed by atoms with Gasteiger partial charge in [-0.15, -0.1) is 0 Å². The van der Waals surface area contributed by atoms with Gasteiger partial charge in [0.15, 0.2) is 0 Å². The van der Waals surface area contributed by atoms with E-state index < -0.39 is 17.9 Å². The normalized spacial score (nSPS) is 12.1. The summed E-state index contributed by atoms with van der Waals surface area (Å²) < 4.78 is 4.67. The van der Waals surface area contributed by atoms with E-state index in [0.717, 1.165) is 0 Å². The Bertz CT molecular complexity index is 358. The summed E-state index contributed by atoms with van der Waals surface area (Å²) in [4.78, 5) is 21.8. The molecule has 1 amide bonds. The van der Waals surface area contributed by atoms with E-state index in [2.05, 4.69) is 15.0 Å². The van der Waals surface area contributed by atoms with Crippen LogP contribution < -0.4 is 5.32 Å². The van der Waals surface area contributed by atoms with Crippen LogP contribution in [0.15, 0.2) is 10.7 Å². The molecule has 0 aliphatic rings. The minimum Gasteiger partial charge on any atom is -0.480 e. The van der Waals surface area contributed by atoms with Crippen LogP contribution in [0.3, 0.4) is 0 Å². The van der Waals surface area contributed by atoms with Crippen LogP contribution in [0.1, 0.15) is 23.0 Å². The Labute approximate surface area is 79.9 Å². The zero-order valence-electron chi connectivity index (χ0n) is 7.77. The molecule has 0 saturated carbocycles. The fraction of sp³-hybridized carbons (Fsp3) is 0.375. The molecule has 0 spiro atoms. The molecule has 2 N–H and O–H groups in total. The van der Waals surface area contributed by atoms with E-state index in [1.165, 1.54) is 13.1 Å². The highest BCUT2D eigenvalue weighted by Crippen LogP contribution is 2.05. The number of nitrogens with zero attached hydrogens (tertiary/aromatic N) is 1. The summed E-state index contributed by atoms with van der Waals surface area (Å²) in [6, 6.07) is -0.934. The molecule has 0 aliphatic carbocycles. The largest absolute Gasteiger partial charge is 0.480 e. The molecule has 6 heteroatoms. The summed E-state index contributed by atoms with van der Waals surface area (Å²) in [5.41, 5.74) is 0.248. The number of carboxylic acid groups (broad SMARTS) is 1. The summed E-state index contributed by atoms with van der Waals surface area (Å²) in [5.74, 6) is -1.23. The average Bonchev–Trinajstić information content (AvgIpc) is 2.51. The predicted molar refractivity (Wildman–Crippen MR) is 45.8 cm³/mol. The Balaban J connectivity index is 2.69. The van der Waals surface area contributed by atoms with Crippen molar-refractivity contribution < 1.29 is 19.2 Å². The van der Waals surface area contributed by atoms with Gasteiger partial charge in [0.2, 0.25) is 0 Å². The SMILES string of the molecule is Cc1oncc1C(=O)N[C@@H](C)C(=O)O. The quantitative estimate of drug-likeness (QED) is 0.723. The van der Waals surface area contributed by atoms with Crippen LogP contribution >= 0.6 is 0 Å². The molecule has 0 unspecified atom stereocenters. The lowest BCUT2D eigenvalue weighted by Gasteiger charge is -2.07. The number of carbonyl (C=O) groups excluding carboxylic acids is 1. The van der Waals surface area contributed by atoms with E-state index in [1.807, 2.05) is 0 Å². The Kier molecular flexibility index (Phi) is 2.85. The number of amides is 1. The molecule has 0 aliphatic heterocycles. The number of carboxylic acids is 1. The van der Waals surface area contributed by atoms with Gasteiger partial charge in [-0.3, -0.25) is 9.59 Å². The van der Waals surface area contributed by atoms with Crippen molar-refractivity contribution in [2.24, 2.45) is 0 Å². The smallest absolute Gasteiger partial charge is 0.325 e. The summed E-state index contributed by atoms with van der Waals surface area (Å²) >= 11 is 0. The highest BCUT2D eigenvalue weighted by atomic mass is 16.5. The van der Waals surface area contributed by atoms with Gasteiger partial charge in [-0.2, -0.15) is 0 Å². The van der Waals surface area contributed by atoms with Gasteiger partial charge in [0.05, 0.1) is 6.20 Å². The second kappa shape index (κ2) is 3.91. The van der Waals surface area contributed by atoms with E-state index in [0.29, 0.717) is 5.76 Å². The van der Waals surface area contributed by atoms with Crippen LogP contribution in [-0.2, 0) is 4.79 Å². The highest BCUT2D eigenvalue weighted by Gasteiger charge is 2.18. The summed E-state index contributed by atoms with van der Waals surface area (Å²) in [6.07, 6.45) is 1.25. The molecule has 0 saturated heterocycles. The Hall–Kier alpha value is -1.85. The van der Waals surface area contributed by atoms with Crippen molar-refractivity contribution in [1.29, 1.82) is 0 Å². The lowest BCUT2D eigenvalue weighted by molar-refractivity contribution is -0.138. The van der Waals surface area contributed by atoms with Crippen LogP contribution in [0.2, 0.25) is 0 Å². The number of hydrogen-bond acceptors (Lipinski definition) is 4. The number of aryl methyl sites for hydroxylation is 1. The Morgan fingerprint density at radius 1 is 1.64 bits per heavy atom. The van der Waals surface area contributed by atoms with E-state index >= 15 is 0 Å². The van der Waals surface area contributed by atoms with Crippen LogP contribution in [0.4, 0.5) is 0 Å². The van der Waals surface area contributed by atoms with Gasteiger partial charge in [0.25, 0.3) is 5.91 Å². The molecular formula is C8H10N2O4. The Morgan fingerprint density at radius 3 is 2.71 bits per heavy atom. The first-order chi connectivity index (χ1) is 6.52. The molecular weight excluding hydrogens is 188 g/mol. The molecule has 1 aromatic heterocycles. The maximum Gasteiger partial charge on any atom is 0.325 e. The number of hydrogen-bond donors (Lipinski definition) is 2. The van der Waals surface area contributed by atoms with E-state index in [-0.39, 0.29) is 5.56 Å². The third-order valence-corrected chi connectivity index (χ3v) is 1.71. The van der Waals surface area contributed by atoms with Crippen LogP contribution in [0, 0.1) is 6.92 Å². The van der Waals surface area contributed by atoms with E-state index in [9.17, 15) is 9.59 Å². The van der Waals surface area contributed by atoms with Crippen molar-refractivity contribution in [3.63, 3.8) is 0 Å². The first-order valence-electron chi connectivity index (χ1n) is 3.97. The maximum absolute atomic E-state index is 11.4. The van der Waals surface area contributed by atoms with Crippen molar-refractivity contribution in [2.75, 3.05) is 0 Å². The molecule has 1 atom stereocenters. The molecule has 76 valence electrons. The highest BCUT2D eigenvalue weighted by molar-refractivity contribution is 5.96. The number of aromatic nitrogens is 1. The molecule has 1 heterocycles. The number of aliphatic carboxylic acids is 1. The first kappa shape index (κ1) is 10.2. The molecule has 1 rings (SSSR count). The third kappa shape index (κ3) is 2.09. The van der Waals surface area contributed by atoms with E-state index in [4.69, 9.17) is 5.11 Å². The standard InChI is InChI=1S/C8H10N2O4/c1-4(8(12)13)10-7(11)6-3-9-14-5(6)2/h3-4H,1-2H3,(H,10,11)(H,12,13)/t4-/m0/s1. The fourth-order valence-electron chi connectivity index (χ4n) is 0.853. The first-order valence-corrected chi connectivity index (χ1v) is 3.97. The van der Waals surface area contributed by atoms with Crippen molar-refractivity contribution in [2.45, 2.75) is 19.9 Å². The molecule has 0 radical (unpaired) electrons. The lowest BCUT2D eigenvalue weighted by Crippen LogP contribution is -2.38. The van der Waals surface area contributed by atoms with Crippen molar-refractivity contribution in [3.8, 4) is 0 Å². The molecule has 14 heavy (non-hydrogen) atoms. The zero-order chi connectivity index (χ0) is 10.7. The van der Waals surface area contributed by atoms with Crippen LogP contribution in [0.25, 0.3) is 0 Å². The van der Waals surface area contributed by atoms with Gasteiger partial charge in [-0.05, 0) is 13.8 Å². The third-order valence-electron chi connectivity index (χ3n) is 1.71. The van der Waals surface area contributed by atoms with Gasteiger partial charge >= 0.3 is 5.97 Å². The maximum atomic E-state index is 11.4. The summed E-state index contributed by atoms with van der Waals surface area (Å²) in [7, 11) is 0. The fourth-order valence-corrected chi connectivity index (χ4v) is 0.853. The van der Waals surface area contributed by atoms with Crippen molar-refractivity contribution in [1.82, 2.24) is 10.5 Å². The van der Waals surface area contributed by atoms with Gasteiger partial charge in [0, 0.05) is 0 Å². The van der Waals surface area contributed by atoms with Crippen molar-refractivity contribution >= 4 is 11.9 Å². The average molecular weight is 198 g/mol. The van der Waals surface area contributed by atoms with Gasteiger partial charge in [0.1, 0.15) is 17.4 Å². The monoisotopic (exact) mass is 198 g/mol. The molecule has 6 nitrogen and oxygen atoms in total. The zero-order valence-corrected chi connectivity index (χ0v) is 7.77. The molecule has 0 fully saturated rings. The second-order valence-corrected chi connectivity index (χ2v) is 2.83. The second-order valence-electron chi connectivity index (χ2n) is 2.83. The summed E-state index contributed by atoms with van der Waals surface area (Å²) in [6.45, 7) is 2.95. The van der Waals surface area contributed by atoms with Gasteiger partial charge in [-0.1, -0.05) is 5.16 Å². The minimum absolute atomic E-state index is 0.248. The van der Waals surface area contributed by atoms with Crippen LogP contribution in [-0.4, -0.2) is 28.2 Å². The number of carbonyl (C=O) groups is 2. The molecule has 0 aromatic carbocycles. The van der Waals surface area contributed by atoms with Crippen LogP contribution in [0.5, 0.6) is 0 Å². The van der Waals surface area contributed by atoms with Crippen molar-refractivity contribution in [3.05, 3.63) is 17.5 Å². The molecule has 1 aromatic rings. The number of nitrogens with one attached hydrogen (secondary N) is 1. The topological polar surface area (TPSA) is 92.4 Å². The number of rotatable bonds is 3. The van der Waals surface area contributed by atoms with E-state index in [1.54, 1.807) is 6.92 Å². The predicted octanol–water partition coefficient (Wildman–Crippen LogP) is 0.186. The van der Waals surface area contributed by atoms with Gasteiger partial charge < -0.3 is 14.9 Å². The minimum atomic E-state index is -1.09. The molecule has 0 bridgehead atoms. The summed E-state index contributed by atoms with van der Waals surface area (Å²) in [5, 5.41) is 14.2. The van der Waals surface area contributed by atoms with Gasteiger partial charge in [-0.25, -0.2) is 0 Å². The lowest BCUT2D eigenvalue weighted by atomic mass is 10.2.